The first kappa shape index (κ1) is 11.0. The Labute approximate surface area is 87.3 Å². The number of esters is 1. The SMILES string of the molecule is COC(=O)Cc1cnc(OC)c(C#N)c1. The van der Waals surface area contributed by atoms with Crippen molar-refractivity contribution in [1.29, 1.82) is 5.26 Å². The number of nitriles is 1. The Morgan fingerprint density at radius 3 is 2.87 bits per heavy atom. The minimum atomic E-state index is -0.370. The molecule has 0 aliphatic heterocycles. The van der Waals surface area contributed by atoms with E-state index in [1.54, 1.807) is 6.07 Å². The fourth-order valence-corrected chi connectivity index (χ4v) is 1.07. The van der Waals surface area contributed by atoms with E-state index < -0.39 is 0 Å². The van der Waals surface area contributed by atoms with Crippen LogP contribution < -0.4 is 4.74 Å². The average molecular weight is 206 g/mol. The summed E-state index contributed by atoms with van der Waals surface area (Å²) in [5.74, 6) is -0.114. The standard InChI is InChI=1S/C10H10N2O3/c1-14-9(13)4-7-3-8(5-11)10(15-2)12-6-7/h3,6H,4H2,1-2H3. The van der Waals surface area contributed by atoms with Gasteiger partial charge in [0.2, 0.25) is 5.88 Å². The summed E-state index contributed by atoms with van der Waals surface area (Å²) in [6.07, 6.45) is 1.58. The zero-order chi connectivity index (χ0) is 11.3. The molecule has 5 nitrogen and oxygen atoms in total. The number of methoxy groups -OCH3 is 2. The zero-order valence-corrected chi connectivity index (χ0v) is 8.48. The van der Waals surface area contributed by atoms with Crippen LogP contribution in [-0.2, 0) is 16.0 Å². The maximum absolute atomic E-state index is 11.0. The third-order valence-electron chi connectivity index (χ3n) is 1.80. The molecule has 5 heteroatoms. The number of nitrogens with zero attached hydrogens (tertiary/aromatic N) is 2. The van der Waals surface area contributed by atoms with Crippen LogP contribution in [0.5, 0.6) is 5.88 Å². The number of carbonyl (C=O) groups excluding carboxylic acids is 1. The highest BCUT2D eigenvalue weighted by atomic mass is 16.5. The van der Waals surface area contributed by atoms with Crippen LogP contribution in [0.1, 0.15) is 11.1 Å². The van der Waals surface area contributed by atoms with Gasteiger partial charge in [-0.3, -0.25) is 4.79 Å². The van der Waals surface area contributed by atoms with Gasteiger partial charge < -0.3 is 9.47 Å². The van der Waals surface area contributed by atoms with E-state index in [0.29, 0.717) is 11.1 Å². The molecular weight excluding hydrogens is 196 g/mol. The number of carbonyl (C=O) groups is 1. The summed E-state index contributed by atoms with van der Waals surface area (Å²) < 4.78 is 9.38. The third-order valence-corrected chi connectivity index (χ3v) is 1.80. The van der Waals surface area contributed by atoms with Crippen LogP contribution in [0.25, 0.3) is 0 Å². The molecule has 1 heterocycles. The van der Waals surface area contributed by atoms with Crippen molar-refractivity contribution in [2.45, 2.75) is 6.42 Å². The Morgan fingerprint density at radius 1 is 1.60 bits per heavy atom. The van der Waals surface area contributed by atoms with Crippen LogP contribution in [0, 0.1) is 11.3 Å². The van der Waals surface area contributed by atoms with Crippen molar-refractivity contribution >= 4 is 5.97 Å². The van der Waals surface area contributed by atoms with E-state index in [1.807, 2.05) is 6.07 Å². The molecule has 78 valence electrons. The molecule has 0 aliphatic rings. The molecule has 15 heavy (non-hydrogen) atoms. The minimum absolute atomic E-state index is 0.0994. The first-order chi connectivity index (χ1) is 7.21. The molecule has 0 aliphatic carbocycles. The topological polar surface area (TPSA) is 72.2 Å². The van der Waals surface area contributed by atoms with E-state index in [0.717, 1.165) is 0 Å². The lowest BCUT2D eigenvalue weighted by molar-refractivity contribution is -0.139. The number of pyridine rings is 1. The van der Waals surface area contributed by atoms with Crippen molar-refractivity contribution in [1.82, 2.24) is 4.98 Å². The molecule has 1 aromatic heterocycles. The van der Waals surface area contributed by atoms with Gasteiger partial charge in [-0.25, -0.2) is 4.98 Å². The average Bonchev–Trinajstić information content (AvgIpc) is 2.28. The lowest BCUT2D eigenvalue weighted by Gasteiger charge is -2.03. The van der Waals surface area contributed by atoms with Crippen molar-refractivity contribution in [3.05, 3.63) is 23.4 Å². The number of ether oxygens (including phenoxy) is 2. The van der Waals surface area contributed by atoms with Crippen LogP contribution >= 0.6 is 0 Å². The number of aromatic nitrogens is 1. The second-order valence-electron chi connectivity index (χ2n) is 2.77. The van der Waals surface area contributed by atoms with Gasteiger partial charge in [-0.05, 0) is 11.6 Å². The molecule has 1 aromatic rings. The van der Waals surface area contributed by atoms with Crippen LogP contribution in [0.15, 0.2) is 12.3 Å². The molecule has 0 radical (unpaired) electrons. The Balaban J connectivity index is 2.94. The number of hydrogen-bond donors (Lipinski definition) is 0. The molecule has 0 atom stereocenters. The van der Waals surface area contributed by atoms with Crippen LogP contribution in [0.3, 0.4) is 0 Å². The fourth-order valence-electron chi connectivity index (χ4n) is 1.07. The van der Waals surface area contributed by atoms with Crippen LogP contribution in [0.4, 0.5) is 0 Å². The summed E-state index contributed by atoms with van der Waals surface area (Å²) in [6.45, 7) is 0. The van der Waals surface area contributed by atoms with E-state index >= 15 is 0 Å². The van der Waals surface area contributed by atoms with Crippen molar-refractivity contribution in [3.8, 4) is 11.9 Å². The number of hydrogen-bond acceptors (Lipinski definition) is 5. The normalized spacial score (nSPS) is 9.13. The summed E-state index contributed by atoms with van der Waals surface area (Å²) in [6, 6.07) is 3.50. The largest absolute Gasteiger partial charge is 0.480 e. The van der Waals surface area contributed by atoms with Gasteiger partial charge in [0, 0.05) is 6.20 Å². The summed E-state index contributed by atoms with van der Waals surface area (Å²) in [7, 11) is 2.74. The third kappa shape index (κ3) is 2.68. The van der Waals surface area contributed by atoms with E-state index in [4.69, 9.17) is 10.00 Å². The van der Waals surface area contributed by atoms with E-state index in [-0.39, 0.29) is 18.3 Å². The molecule has 0 bridgehead atoms. The number of rotatable bonds is 3. The maximum atomic E-state index is 11.0. The summed E-state index contributed by atoms with van der Waals surface area (Å²) in [4.78, 5) is 14.9. The van der Waals surface area contributed by atoms with E-state index in [9.17, 15) is 4.79 Å². The summed E-state index contributed by atoms with van der Waals surface area (Å²) >= 11 is 0. The van der Waals surface area contributed by atoms with Gasteiger partial charge in [-0.2, -0.15) is 5.26 Å². The molecule has 0 aromatic carbocycles. The highest BCUT2D eigenvalue weighted by Crippen LogP contribution is 2.15. The molecule has 1 rings (SSSR count). The van der Waals surface area contributed by atoms with Crippen molar-refractivity contribution in [3.63, 3.8) is 0 Å². The zero-order valence-electron chi connectivity index (χ0n) is 8.48. The quantitative estimate of drug-likeness (QED) is 0.680. The smallest absolute Gasteiger partial charge is 0.310 e. The molecule has 0 fully saturated rings. The van der Waals surface area contributed by atoms with Gasteiger partial charge in [0.1, 0.15) is 11.6 Å². The predicted octanol–water partition coefficient (Wildman–Crippen LogP) is 0.677. The molecule has 0 unspecified atom stereocenters. The minimum Gasteiger partial charge on any atom is -0.480 e. The van der Waals surface area contributed by atoms with Crippen LogP contribution in [-0.4, -0.2) is 25.2 Å². The summed E-state index contributed by atoms with van der Waals surface area (Å²) in [5, 5.41) is 8.78. The monoisotopic (exact) mass is 206 g/mol. The lowest BCUT2D eigenvalue weighted by atomic mass is 10.1. The first-order valence-electron chi connectivity index (χ1n) is 4.21. The van der Waals surface area contributed by atoms with E-state index in [1.165, 1.54) is 20.4 Å². The Kier molecular flexibility index (Phi) is 3.63. The fraction of sp³-hybridized carbons (Fsp3) is 0.300. The van der Waals surface area contributed by atoms with E-state index in [2.05, 4.69) is 9.72 Å². The molecule has 0 saturated heterocycles. The highest BCUT2D eigenvalue weighted by molar-refractivity contribution is 5.72. The Morgan fingerprint density at radius 2 is 2.33 bits per heavy atom. The molecule has 0 N–H and O–H groups in total. The Hall–Kier alpha value is -2.09. The molecular formula is C10H10N2O3. The van der Waals surface area contributed by atoms with Gasteiger partial charge in [0.25, 0.3) is 0 Å². The van der Waals surface area contributed by atoms with Crippen molar-refractivity contribution < 1.29 is 14.3 Å². The summed E-state index contributed by atoms with van der Waals surface area (Å²) in [5.41, 5.74) is 0.929. The van der Waals surface area contributed by atoms with Crippen molar-refractivity contribution in [2.24, 2.45) is 0 Å². The maximum Gasteiger partial charge on any atom is 0.310 e. The molecule has 0 saturated carbocycles. The lowest BCUT2D eigenvalue weighted by Crippen LogP contribution is -2.05. The first-order valence-corrected chi connectivity index (χ1v) is 4.21. The van der Waals surface area contributed by atoms with Gasteiger partial charge in [0.15, 0.2) is 0 Å². The van der Waals surface area contributed by atoms with Crippen LogP contribution in [0.2, 0.25) is 0 Å². The second kappa shape index (κ2) is 4.96. The molecule has 0 amide bonds. The second-order valence-corrected chi connectivity index (χ2v) is 2.77. The van der Waals surface area contributed by atoms with Gasteiger partial charge in [-0.1, -0.05) is 0 Å². The Bertz CT molecular complexity index is 410. The van der Waals surface area contributed by atoms with Crippen molar-refractivity contribution in [2.75, 3.05) is 14.2 Å². The van der Waals surface area contributed by atoms with Gasteiger partial charge >= 0.3 is 5.97 Å². The van der Waals surface area contributed by atoms with Gasteiger partial charge in [-0.15, -0.1) is 0 Å². The highest BCUT2D eigenvalue weighted by Gasteiger charge is 2.08. The predicted molar refractivity (Wildman–Crippen MR) is 51.2 cm³/mol. The molecule has 0 spiro atoms. The van der Waals surface area contributed by atoms with Gasteiger partial charge in [0.05, 0.1) is 20.6 Å².